The van der Waals surface area contributed by atoms with Crippen molar-refractivity contribution in [3.05, 3.63) is 35.4 Å². The first kappa shape index (κ1) is 15.9. The molecule has 4 rings (SSSR count). The molecule has 2 unspecified atom stereocenters. The van der Waals surface area contributed by atoms with Gasteiger partial charge in [0.05, 0.1) is 0 Å². The van der Waals surface area contributed by atoms with Gasteiger partial charge in [0, 0.05) is 26.7 Å². The second-order valence-electron chi connectivity index (χ2n) is 7.00. The zero-order chi connectivity index (χ0) is 17.6. The zero-order valence-corrected chi connectivity index (χ0v) is 14.6. The van der Waals surface area contributed by atoms with Gasteiger partial charge < -0.3 is 14.7 Å². The Morgan fingerprint density at radius 2 is 1.84 bits per heavy atom. The van der Waals surface area contributed by atoms with Crippen LogP contribution in [0.2, 0.25) is 0 Å². The molecule has 3 aliphatic heterocycles. The first-order chi connectivity index (χ1) is 12.0. The zero-order valence-electron chi connectivity index (χ0n) is 14.6. The van der Waals surface area contributed by atoms with Crippen molar-refractivity contribution in [2.75, 3.05) is 20.1 Å². The van der Waals surface area contributed by atoms with Gasteiger partial charge >= 0.3 is 6.03 Å². The summed E-state index contributed by atoms with van der Waals surface area (Å²) in [6, 6.07) is 7.46. The summed E-state index contributed by atoms with van der Waals surface area (Å²) in [5, 5.41) is 2.45. The minimum Gasteiger partial charge on any atom is -0.343 e. The molecular weight excluding hydrogens is 318 g/mol. The quantitative estimate of drug-likeness (QED) is 0.876. The highest BCUT2D eigenvalue weighted by Crippen LogP contribution is 2.28. The SMILES string of the molecule is Cc1ccc(CN2C(N3CCCC3)=NC3C2C(=O)NC(=O)N3C)cc1. The maximum atomic E-state index is 12.6. The van der Waals surface area contributed by atoms with Gasteiger partial charge in [0.2, 0.25) is 0 Å². The lowest BCUT2D eigenvalue weighted by molar-refractivity contribution is -0.127. The number of likely N-dealkylation sites (tertiary alicyclic amines) is 1. The molecule has 2 saturated heterocycles. The fourth-order valence-electron chi connectivity index (χ4n) is 3.75. The lowest BCUT2D eigenvalue weighted by atomic mass is 10.1. The van der Waals surface area contributed by atoms with Gasteiger partial charge in [0.15, 0.2) is 18.2 Å². The van der Waals surface area contributed by atoms with Crippen molar-refractivity contribution in [3.8, 4) is 0 Å². The van der Waals surface area contributed by atoms with Gasteiger partial charge in [0.1, 0.15) is 0 Å². The second kappa shape index (κ2) is 6.06. The van der Waals surface area contributed by atoms with E-state index in [1.165, 1.54) is 10.5 Å². The maximum absolute atomic E-state index is 12.6. The van der Waals surface area contributed by atoms with E-state index in [9.17, 15) is 9.59 Å². The van der Waals surface area contributed by atoms with Crippen molar-refractivity contribution in [2.24, 2.45) is 4.99 Å². The molecule has 1 aromatic carbocycles. The summed E-state index contributed by atoms with van der Waals surface area (Å²) < 4.78 is 0. The number of hydrogen-bond donors (Lipinski definition) is 1. The number of carbonyl (C=O) groups excluding carboxylic acids is 2. The van der Waals surface area contributed by atoms with Crippen LogP contribution in [-0.2, 0) is 11.3 Å². The van der Waals surface area contributed by atoms with Crippen LogP contribution in [0.4, 0.5) is 4.79 Å². The number of benzene rings is 1. The van der Waals surface area contributed by atoms with Crippen LogP contribution in [0.3, 0.4) is 0 Å². The molecule has 7 nitrogen and oxygen atoms in total. The topological polar surface area (TPSA) is 68.2 Å². The van der Waals surface area contributed by atoms with Crippen LogP contribution >= 0.6 is 0 Å². The van der Waals surface area contributed by atoms with E-state index in [0.29, 0.717) is 6.54 Å². The van der Waals surface area contributed by atoms with Crippen molar-refractivity contribution in [3.63, 3.8) is 0 Å². The highest BCUT2D eigenvalue weighted by atomic mass is 16.2. The number of likely N-dealkylation sites (N-methyl/N-ethyl adjacent to an activating group) is 1. The molecule has 1 aromatic rings. The number of rotatable bonds is 2. The first-order valence-electron chi connectivity index (χ1n) is 8.77. The van der Waals surface area contributed by atoms with Gasteiger partial charge in [-0.15, -0.1) is 0 Å². The minimum absolute atomic E-state index is 0.266. The van der Waals surface area contributed by atoms with Gasteiger partial charge in [-0.05, 0) is 25.3 Å². The molecule has 0 spiro atoms. The maximum Gasteiger partial charge on any atom is 0.325 e. The van der Waals surface area contributed by atoms with Gasteiger partial charge in [-0.1, -0.05) is 29.8 Å². The Morgan fingerprint density at radius 1 is 1.16 bits per heavy atom. The number of aliphatic imine (C=N–C) groups is 1. The molecule has 7 heteroatoms. The number of amides is 3. The normalized spacial score (nSPS) is 26.0. The molecule has 1 N–H and O–H groups in total. The van der Waals surface area contributed by atoms with E-state index >= 15 is 0 Å². The van der Waals surface area contributed by atoms with Crippen LogP contribution in [0.1, 0.15) is 24.0 Å². The molecule has 3 aliphatic rings. The molecule has 3 heterocycles. The molecule has 0 saturated carbocycles. The molecule has 132 valence electrons. The summed E-state index contributed by atoms with van der Waals surface area (Å²) in [5.74, 6) is 0.572. The van der Waals surface area contributed by atoms with E-state index in [0.717, 1.165) is 37.5 Å². The Bertz CT molecular complexity index is 723. The van der Waals surface area contributed by atoms with Crippen LogP contribution in [-0.4, -0.2) is 64.9 Å². The van der Waals surface area contributed by atoms with E-state index in [2.05, 4.69) is 46.3 Å². The van der Waals surface area contributed by atoms with E-state index < -0.39 is 12.2 Å². The fraction of sp³-hybridized carbons (Fsp3) is 0.500. The van der Waals surface area contributed by atoms with Gasteiger partial charge in [-0.2, -0.15) is 0 Å². The Hall–Kier alpha value is -2.57. The van der Waals surface area contributed by atoms with Crippen molar-refractivity contribution in [1.29, 1.82) is 0 Å². The van der Waals surface area contributed by atoms with Gasteiger partial charge in [-0.3, -0.25) is 10.1 Å². The van der Waals surface area contributed by atoms with Crippen LogP contribution in [0.15, 0.2) is 29.3 Å². The van der Waals surface area contributed by atoms with Crippen molar-refractivity contribution >= 4 is 17.9 Å². The number of urea groups is 1. The highest BCUT2D eigenvalue weighted by Gasteiger charge is 2.49. The van der Waals surface area contributed by atoms with Crippen LogP contribution < -0.4 is 5.32 Å². The number of carbonyl (C=O) groups is 2. The van der Waals surface area contributed by atoms with E-state index in [1.54, 1.807) is 7.05 Å². The van der Waals surface area contributed by atoms with E-state index in [4.69, 9.17) is 4.99 Å². The van der Waals surface area contributed by atoms with Crippen molar-refractivity contribution in [2.45, 2.75) is 38.5 Å². The monoisotopic (exact) mass is 341 g/mol. The average molecular weight is 341 g/mol. The van der Waals surface area contributed by atoms with Crippen LogP contribution in [0.25, 0.3) is 0 Å². The summed E-state index contributed by atoms with van der Waals surface area (Å²) in [6.07, 6.45) is 1.81. The highest BCUT2D eigenvalue weighted by molar-refractivity contribution is 6.03. The van der Waals surface area contributed by atoms with Crippen LogP contribution in [0, 0.1) is 6.92 Å². The third kappa shape index (κ3) is 2.73. The summed E-state index contributed by atoms with van der Waals surface area (Å²) in [6.45, 7) is 4.55. The standard InChI is InChI=1S/C18H23N5O2/c1-12-5-7-13(8-6-12)11-23-14-15(21(2)18(25)20-16(14)24)19-17(23)22-9-3-4-10-22/h5-8,14-15H,3-4,9-11H2,1-2H3,(H,20,24,25). The van der Waals surface area contributed by atoms with Gasteiger partial charge in [-0.25, -0.2) is 9.79 Å². The molecule has 0 aromatic heterocycles. The number of imide groups is 1. The van der Waals surface area contributed by atoms with Gasteiger partial charge in [0.25, 0.3) is 5.91 Å². The van der Waals surface area contributed by atoms with E-state index in [1.807, 2.05) is 0 Å². The number of aryl methyl sites for hydroxylation is 1. The molecule has 3 amide bonds. The van der Waals surface area contributed by atoms with Crippen molar-refractivity contribution < 1.29 is 9.59 Å². The molecule has 25 heavy (non-hydrogen) atoms. The Labute approximate surface area is 147 Å². The first-order valence-corrected chi connectivity index (χ1v) is 8.77. The number of nitrogens with one attached hydrogen (secondary N) is 1. The second-order valence-corrected chi connectivity index (χ2v) is 7.00. The van der Waals surface area contributed by atoms with Crippen molar-refractivity contribution in [1.82, 2.24) is 20.0 Å². The predicted octanol–water partition coefficient (Wildman–Crippen LogP) is 1.14. The molecule has 0 aliphatic carbocycles. The largest absolute Gasteiger partial charge is 0.343 e. The smallest absolute Gasteiger partial charge is 0.325 e. The lowest BCUT2D eigenvalue weighted by Gasteiger charge is -2.37. The predicted molar refractivity (Wildman–Crippen MR) is 93.8 cm³/mol. The molecule has 2 atom stereocenters. The number of hydrogen-bond acceptors (Lipinski definition) is 5. The Morgan fingerprint density at radius 3 is 2.52 bits per heavy atom. The molecule has 2 fully saturated rings. The molecular formula is C18H23N5O2. The number of nitrogens with zero attached hydrogens (tertiary/aromatic N) is 4. The summed E-state index contributed by atoms with van der Waals surface area (Å²) in [5.41, 5.74) is 2.34. The molecule has 0 bridgehead atoms. The average Bonchev–Trinajstić information content (AvgIpc) is 3.23. The molecule has 0 radical (unpaired) electrons. The fourth-order valence-corrected chi connectivity index (χ4v) is 3.75. The summed E-state index contributed by atoms with van der Waals surface area (Å²) in [7, 11) is 1.69. The lowest BCUT2D eigenvalue weighted by Crippen LogP contribution is -2.64. The van der Waals surface area contributed by atoms with E-state index in [-0.39, 0.29) is 11.9 Å². The summed E-state index contributed by atoms with van der Waals surface area (Å²) in [4.78, 5) is 35.1. The Balaban J connectivity index is 1.67. The minimum atomic E-state index is -0.473. The third-order valence-electron chi connectivity index (χ3n) is 5.20. The third-order valence-corrected chi connectivity index (χ3v) is 5.20. The number of guanidine groups is 1. The number of fused-ring (bicyclic) bond motifs is 1. The summed E-state index contributed by atoms with van der Waals surface area (Å²) >= 11 is 0. The van der Waals surface area contributed by atoms with Crippen LogP contribution in [0.5, 0.6) is 0 Å². The Kier molecular flexibility index (Phi) is 3.86.